The van der Waals surface area contributed by atoms with E-state index < -0.39 is 10.0 Å². The minimum atomic E-state index is -3.51. The zero-order valence-corrected chi connectivity index (χ0v) is 14.3. The van der Waals surface area contributed by atoms with Gasteiger partial charge in [0.25, 0.3) is 5.91 Å². The van der Waals surface area contributed by atoms with Gasteiger partial charge in [0.2, 0.25) is 10.0 Å². The number of nitrogens with zero attached hydrogens (tertiary/aromatic N) is 1. The number of likely N-dealkylation sites (tertiary alicyclic amines) is 1. The Labute approximate surface area is 146 Å². The Bertz CT molecular complexity index is 871. The first-order chi connectivity index (χ1) is 12.0. The van der Waals surface area contributed by atoms with Gasteiger partial charge in [-0.15, -0.1) is 0 Å². The third-order valence-electron chi connectivity index (χ3n) is 4.80. The molecule has 0 bridgehead atoms. The molecule has 0 aliphatic carbocycles. The van der Waals surface area contributed by atoms with E-state index in [-0.39, 0.29) is 22.9 Å². The van der Waals surface area contributed by atoms with E-state index in [1.165, 1.54) is 6.26 Å². The van der Waals surface area contributed by atoms with Crippen LogP contribution in [0.25, 0.3) is 0 Å². The molecule has 2 aliphatic heterocycles. The highest BCUT2D eigenvalue weighted by atomic mass is 32.2. The van der Waals surface area contributed by atoms with Crippen molar-refractivity contribution in [3.05, 3.63) is 48.4 Å². The van der Waals surface area contributed by atoms with Crippen molar-refractivity contribution in [2.45, 2.75) is 23.9 Å². The summed E-state index contributed by atoms with van der Waals surface area (Å²) in [6.07, 6.45) is 2.56. The number of carbonyl (C=O) groups is 1. The summed E-state index contributed by atoms with van der Waals surface area (Å²) in [7, 11) is -3.51. The summed E-state index contributed by atoms with van der Waals surface area (Å²) in [5.74, 6) is 0.332. The van der Waals surface area contributed by atoms with Crippen molar-refractivity contribution in [2.24, 2.45) is 5.92 Å². The minimum Gasteiger partial charge on any atom is -0.459 e. The molecule has 2 N–H and O–H groups in total. The fourth-order valence-corrected chi connectivity index (χ4v) is 4.84. The van der Waals surface area contributed by atoms with Crippen LogP contribution in [0.4, 0.5) is 5.69 Å². The Hall–Kier alpha value is -2.32. The third-order valence-corrected chi connectivity index (χ3v) is 6.30. The molecular weight excluding hydrogens is 342 g/mol. The second-order valence-electron chi connectivity index (χ2n) is 6.35. The summed E-state index contributed by atoms with van der Waals surface area (Å²) in [6, 6.07) is 10.2. The highest BCUT2D eigenvalue weighted by Gasteiger charge is 2.36. The first-order valence-electron chi connectivity index (χ1n) is 8.25. The number of anilines is 1. The van der Waals surface area contributed by atoms with Gasteiger partial charge in [-0.3, -0.25) is 4.79 Å². The number of piperidine rings is 1. The molecular formula is C17H19N3O4S. The molecule has 1 aromatic carbocycles. The van der Waals surface area contributed by atoms with Crippen molar-refractivity contribution < 1.29 is 17.6 Å². The molecule has 7 nitrogen and oxygen atoms in total. The molecule has 0 radical (unpaired) electrons. The maximum atomic E-state index is 12.4. The maximum absolute atomic E-state index is 12.4. The SMILES string of the molecule is O=C(c1ccco1)N1CCC([C@H]2Nc3ccccc3S(=O)(=O)N2)CC1. The van der Waals surface area contributed by atoms with E-state index in [1.807, 2.05) is 6.07 Å². The molecule has 4 rings (SSSR count). The molecule has 2 aromatic rings. The number of amides is 1. The van der Waals surface area contributed by atoms with Gasteiger partial charge < -0.3 is 14.6 Å². The summed E-state index contributed by atoms with van der Waals surface area (Å²) in [5.41, 5.74) is 0.625. The Balaban J connectivity index is 1.44. The number of para-hydroxylation sites is 1. The van der Waals surface area contributed by atoms with Crippen LogP contribution in [-0.2, 0) is 10.0 Å². The van der Waals surface area contributed by atoms with E-state index >= 15 is 0 Å². The van der Waals surface area contributed by atoms with Gasteiger partial charge >= 0.3 is 0 Å². The molecule has 3 heterocycles. The number of sulfonamides is 1. The number of rotatable bonds is 2. The Morgan fingerprint density at radius 3 is 2.60 bits per heavy atom. The Morgan fingerprint density at radius 2 is 1.88 bits per heavy atom. The quantitative estimate of drug-likeness (QED) is 0.852. The molecule has 1 amide bonds. The summed E-state index contributed by atoms with van der Waals surface area (Å²) in [5, 5.41) is 3.28. The van der Waals surface area contributed by atoms with Crippen LogP contribution in [0, 0.1) is 5.92 Å². The van der Waals surface area contributed by atoms with Crippen molar-refractivity contribution in [2.75, 3.05) is 18.4 Å². The average Bonchev–Trinajstić information content (AvgIpc) is 3.15. The number of nitrogens with one attached hydrogen (secondary N) is 2. The van der Waals surface area contributed by atoms with Crippen LogP contribution in [0.15, 0.2) is 52.0 Å². The van der Waals surface area contributed by atoms with Gasteiger partial charge in [0.1, 0.15) is 4.90 Å². The molecule has 0 saturated carbocycles. The molecule has 132 valence electrons. The molecule has 1 saturated heterocycles. The van der Waals surface area contributed by atoms with Crippen molar-refractivity contribution in [1.82, 2.24) is 9.62 Å². The number of furan rings is 1. The van der Waals surface area contributed by atoms with Crippen molar-refractivity contribution in [3.63, 3.8) is 0 Å². The summed E-state index contributed by atoms with van der Waals surface area (Å²) < 4.78 is 32.7. The van der Waals surface area contributed by atoms with Crippen LogP contribution >= 0.6 is 0 Å². The maximum Gasteiger partial charge on any atom is 0.289 e. The second kappa shape index (κ2) is 6.20. The van der Waals surface area contributed by atoms with Crippen LogP contribution in [0.5, 0.6) is 0 Å². The van der Waals surface area contributed by atoms with E-state index in [2.05, 4.69) is 10.0 Å². The lowest BCUT2D eigenvalue weighted by Crippen LogP contribution is -2.52. The Morgan fingerprint density at radius 1 is 1.12 bits per heavy atom. The molecule has 8 heteroatoms. The van der Waals surface area contributed by atoms with Crippen LogP contribution in [0.1, 0.15) is 23.4 Å². The predicted octanol–water partition coefficient (Wildman–Crippen LogP) is 1.86. The third kappa shape index (κ3) is 3.03. The highest BCUT2D eigenvalue weighted by Crippen LogP contribution is 2.31. The number of hydrogen-bond acceptors (Lipinski definition) is 5. The molecule has 2 aliphatic rings. The first-order valence-corrected chi connectivity index (χ1v) is 9.73. The summed E-state index contributed by atoms with van der Waals surface area (Å²) >= 11 is 0. The fraction of sp³-hybridized carbons (Fsp3) is 0.353. The number of fused-ring (bicyclic) bond motifs is 1. The fourth-order valence-electron chi connectivity index (χ4n) is 3.45. The summed E-state index contributed by atoms with van der Waals surface area (Å²) in [6.45, 7) is 1.15. The van der Waals surface area contributed by atoms with E-state index in [0.29, 0.717) is 24.5 Å². The monoisotopic (exact) mass is 361 g/mol. The number of carbonyl (C=O) groups excluding carboxylic acids is 1. The second-order valence-corrected chi connectivity index (χ2v) is 8.03. The Kier molecular flexibility index (Phi) is 4.01. The zero-order valence-electron chi connectivity index (χ0n) is 13.5. The molecule has 1 aromatic heterocycles. The number of hydrogen-bond donors (Lipinski definition) is 2. The molecule has 1 fully saturated rings. The van der Waals surface area contributed by atoms with Crippen LogP contribution < -0.4 is 10.0 Å². The van der Waals surface area contributed by atoms with E-state index in [4.69, 9.17) is 4.42 Å². The van der Waals surface area contributed by atoms with Crippen LogP contribution in [0.3, 0.4) is 0 Å². The zero-order chi connectivity index (χ0) is 17.4. The normalized spacial score (nSPS) is 22.9. The average molecular weight is 361 g/mol. The smallest absolute Gasteiger partial charge is 0.289 e. The van der Waals surface area contributed by atoms with Crippen LogP contribution in [0.2, 0.25) is 0 Å². The van der Waals surface area contributed by atoms with Gasteiger partial charge in [-0.1, -0.05) is 12.1 Å². The molecule has 0 spiro atoms. The van der Waals surface area contributed by atoms with Gasteiger partial charge in [0, 0.05) is 13.1 Å². The lowest BCUT2D eigenvalue weighted by atomic mass is 9.93. The van der Waals surface area contributed by atoms with Crippen molar-refractivity contribution in [1.29, 1.82) is 0 Å². The standard InChI is InChI=1S/C17H19N3O4S/c21-17(14-5-3-11-24-14)20-9-7-12(8-10-20)16-18-13-4-1-2-6-15(13)25(22,23)19-16/h1-6,11-12,16,18-19H,7-10H2/t16-/m0/s1. The van der Waals surface area contributed by atoms with Gasteiger partial charge in [-0.2, -0.15) is 4.72 Å². The lowest BCUT2D eigenvalue weighted by Gasteiger charge is -2.38. The largest absolute Gasteiger partial charge is 0.459 e. The summed E-state index contributed by atoms with van der Waals surface area (Å²) in [4.78, 5) is 14.3. The van der Waals surface area contributed by atoms with Crippen LogP contribution in [-0.4, -0.2) is 38.5 Å². The highest BCUT2D eigenvalue weighted by molar-refractivity contribution is 7.89. The van der Waals surface area contributed by atoms with E-state index in [9.17, 15) is 13.2 Å². The molecule has 25 heavy (non-hydrogen) atoms. The number of benzene rings is 1. The van der Waals surface area contributed by atoms with E-state index in [1.54, 1.807) is 35.2 Å². The van der Waals surface area contributed by atoms with Gasteiger partial charge in [-0.05, 0) is 43.0 Å². The van der Waals surface area contributed by atoms with Crippen molar-refractivity contribution in [3.8, 4) is 0 Å². The van der Waals surface area contributed by atoms with Crippen molar-refractivity contribution >= 4 is 21.6 Å². The van der Waals surface area contributed by atoms with E-state index in [0.717, 1.165) is 12.8 Å². The van der Waals surface area contributed by atoms with Gasteiger partial charge in [0.05, 0.1) is 18.1 Å². The topological polar surface area (TPSA) is 91.7 Å². The minimum absolute atomic E-state index is 0.115. The van der Waals surface area contributed by atoms with Gasteiger partial charge in [-0.25, -0.2) is 8.42 Å². The van der Waals surface area contributed by atoms with Gasteiger partial charge in [0.15, 0.2) is 5.76 Å². The first kappa shape index (κ1) is 16.2. The molecule has 0 unspecified atom stereocenters. The predicted molar refractivity (Wildman–Crippen MR) is 91.5 cm³/mol. The lowest BCUT2D eigenvalue weighted by molar-refractivity contribution is 0.0647. The molecule has 1 atom stereocenters.